The molecule has 0 radical (unpaired) electrons. The average Bonchev–Trinajstić information content (AvgIpc) is 1.84. The molecule has 0 atom stereocenters. The molecule has 0 aliphatic heterocycles. The van der Waals surface area contributed by atoms with Gasteiger partial charge in [-0.15, -0.1) is 11.6 Å². The Morgan fingerprint density at radius 3 is 2.75 bits per heavy atom. The minimum Gasteiger partial charge on any atom is -0.300 e. The first-order valence-corrected chi connectivity index (χ1v) is 3.11. The van der Waals surface area contributed by atoms with Gasteiger partial charge in [-0.3, -0.25) is 0 Å². The SMILES string of the molecule is [2H]C([2H])(CCCCl)C(C)=O. The molecule has 0 amide bonds. The Morgan fingerprint density at radius 1 is 1.75 bits per heavy atom. The highest BCUT2D eigenvalue weighted by atomic mass is 35.5. The zero-order valence-corrected chi connectivity index (χ0v) is 5.66. The number of carbonyl (C=O) groups is 1. The third-order valence-corrected chi connectivity index (χ3v) is 0.952. The summed E-state index contributed by atoms with van der Waals surface area (Å²) in [6.07, 6.45) is -0.894. The molecule has 0 unspecified atom stereocenters. The molecule has 0 bridgehead atoms. The second kappa shape index (κ2) is 5.10. The summed E-state index contributed by atoms with van der Waals surface area (Å²) < 4.78 is 14.3. The highest BCUT2D eigenvalue weighted by Crippen LogP contribution is 1.96. The number of halogens is 1. The quantitative estimate of drug-likeness (QED) is 0.541. The lowest BCUT2D eigenvalue weighted by Crippen LogP contribution is -1.88. The zero-order chi connectivity index (χ0) is 8.20. The second-order valence-corrected chi connectivity index (χ2v) is 1.90. The summed E-state index contributed by atoms with van der Waals surface area (Å²) in [6, 6.07) is 0. The topological polar surface area (TPSA) is 17.1 Å². The predicted octanol–water partition coefficient (Wildman–Crippen LogP) is 1.98. The number of alkyl halides is 1. The van der Waals surface area contributed by atoms with Crippen molar-refractivity contribution in [3.8, 4) is 0 Å². The first-order valence-electron chi connectivity index (χ1n) is 3.57. The van der Waals surface area contributed by atoms with Crippen LogP contribution < -0.4 is 0 Å². The van der Waals surface area contributed by atoms with Crippen LogP contribution in [-0.2, 0) is 4.79 Å². The fourth-order valence-electron chi connectivity index (χ4n) is 0.331. The van der Waals surface area contributed by atoms with Crippen LogP contribution in [0.25, 0.3) is 0 Å². The van der Waals surface area contributed by atoms with E-state index in [1.807, 2.05) is 0 Å². The molecular weight excluding hydrogens is 124 g/mol. The van der Waals surface area contributed by atoms with Gasteiger partial charge in [-0.25, -0.2) is 0 Å². The minimum absolute atomic E-state index is 0.228. The zero-order valence-electron chi connectivity index (χ0n) is 6.91. The Labute approximate surface area is 57.8 Å². The molecule has 0 heterocycles. The van der Waals surface area contributed by atoms with E-state index in [0.717, 1.165) is 0 Å². The van der Waals surface area contributed by atoms with E-state index in [2.05, 4.69) is 0 Å². The molecule has 0 aromatic rings. The van der Waals surface area contributed by atoms with Crippen LogP contribution in [0.4, 0.5) is 0 Å². The third kappa shape index (κ3) is 5.96. The van der Waals surface area contributed by atoms with Gasteiger partial charge in [0.1, 0.15) is 5.78 Å². The highest BCUT2D eigenvalue weighted by Gasteiger charge is 1.90. The van der Waals surface area contributed by atoms with Crippen molar-refractivity contribution < 1.29 is 7.54 Å². The van der Waals surface area contributed by atoms with Crippen molar-refractivity contribution >= 4 is 17.4 Å². The first kappa shape index (κ1) is 4.80. The predicted molar refractivity (Wildman–Crippen MR) is 35.3 cm³/mol. The smallest absolute Gasteiger partial charge is 0.129 e. The van der Waals surface area contributed by atoms with Gasteiger partial charge in [0.05, 0.1) is 0 Å². The van der Waals surface area contributed by atoms with Gasteiger partial charge < -0.3 is 4.79 Å². The van der Waals surface area contributed by atoms with Crippen LogP contribution >= 0.6 is 11.6 Å². The number of rotatable bonds is 4. The first-order chi connectivity index (χ1) is 4.50. The van der Waals surface area contributed by atoms with E-state index in [9.17, 15) is 4.79 Å². The molecule has 0 N–H and O–H groups in total. The van der Waals surface area contributed by atoms with Crippen molar-refractivity contribution in [3.05, 3.63) is 0 Å². The largest absolute Gasteiger partial charge is 0.300 e. The Morgan fingerprint density at radius 2 is 2.38 bits per heavy atom. The molecule has 0 aromatic heterocycles. The molecule has 8 heavy (non-hydrogen) atoms. The van der Waals surface area contributed by atoms with Gasteiger partial charge in [0.2, 0.25) is 0 Å². The molecule has 1 nitrogen and oxygen atoms in total. The third-order valence-electron chi connectivity index (χ3n) is 0.684. The lowest BCUT2D eigenvalue weighted by molar-refractivity contribution is -0.117. The van der Waals surface area contributed by atoms with E-state index in [1.54, 1.807) is 0 Å². The summed E-state index contributed by atoms with van der Waals surface area (Å²) >= 11 is 5.33. The molecule has 0 rings (SSSR count). The number of ketones is 1. The van der Waals surface area contributed by atoms with Crippen molar-refractivity contribution in [1.82, 2.24) is 0 Å². The van der Waals surface area contributed by atoms with Crippen molar-refractivity contribution in [2.75, 3.05) is 5.88 Å². The Balaban J connectivity index is 3.75. The molecule has 2 heteroatoms. The lowest BCUT2D eigenvalue weighted by Gasteiger charge is -1.89. The normalized spacial score (nSPS) is 14.8. The maximum atomic E-state index is 10.6. The van der Waals surface area contributed by atoms with Gasteiger partial charge in [-0.1, -0.05) is 0 Å². The summed E-state index contributed by atoms with van der Waals surface area (Å²) in [5, 5.41) is 0. The fraction of sp³-hybridized carbons (Fsp3) is 0.833. The van der Waals surface area contributed by atoms with Gasteiger partial charge >= 0.3 is 0 Å². The van der Waals surface area contributed by atoms with E-state index < -0.39 is 12.2 Å². The number of Topliss-reactive ketones (excluding diaryl/α,β-unsaturated/α-hetero) is 1. The summed E-state index contributed by atoms with van der Waals surface area (Å²) in [5.74, 6) is -0.00936. The van der Waals surface area contributed by atoms with Crippen LogP contribution in [0, 0.1) is 0 Å². The Hall–Kier alpha value is -0.0400. The van der Waals surface area contributed by atoms with Gasteiger partial charge in [-0.2, -0.15) is 0 Å². The van der Waals surface area contributed by atoms with Crippen molar-refractivity contribution in [3.63, 3.8) is 0 Å². The summed E-state index contributed by atoms with van der Waals surface area (Å²) in [4.78, 5) is 10.6. The number of hydrogen-bond acceptors (Lipinski definition) is 1. The number of carbonyl (C=O) groups excluding carboxylic acids is 1. The van der Waals surface area contributed by atoms with Gasteiger partial charge in [0.25, 0.3) is 0 Å². The van der Waals surface area contributed by atoms with Crippen LogP contribution in [0.5, 0.6) is 0 Å². The second-order valence-electron chi connectivity index (χ2n) is 1.53. The highest BCUT2D eigenvalue weighted by molar-refractivity contribution is 6.17. The molecule has 0 aliphatic rings. The molecule has 0 saturated heterocycles. The molecule has 48 valence electrons. The van der Waals surface area contributed by atoms with E-state index in [0.29, 0.717) is 12.3 Å². The van der Waals surface area contributed by atoms with E-state index in [4.69, 9.17) is 14.3 Å². The monoisotopic (exact) mass is 136 g/mol. The van der Waals surface area contributed by atoms with Crippen LogP contribution in [0.15, 0.2) is 0 Å². The van der Waals surface area contributed by atoms with Crippen molar-refractivity contribution in [2.45, 2.75) is 26.1 Å². The van der Waals surface area contributed by atoms with Crippen LogP contribution in [-0.4, -0.2) is 11.7 Å². The molecule has 0 saturated carbocycles. The minimum atomic E-state index is -1.67. The maximum Gasteiger partial charge on any atom is 0.129 e. The average molecular weight is 137 g/mol. The molecule has 0 aliphatic carbocycles. The van der Waals surface area contributed by atoms with Crippen LogP contribution in [0.2, 0.25) is 0 Å². The van der Waals surface area contributed by atoms with Crippen LogP contribution in [0.1, 0.15) is 28.9 Å². The number of hydrogen-bond donors (Lipinski definition) is 0. The summed E-state index contributed by atoms with van der Waals surface area (Å²) in [6.45, 7) is 1.26. The lowest BCUT2D eigenvalue weighted by atomic mass is 10.2. The van der Waals surface area contributed by atoms with Gasteiger partial charge in [-0.05, 0) is 19.8 Å². The van der Waals surface area contributed by atoms with E-state index in [-0.39, 0.29) is 6.42 Å². The van der Waals surface area contributed by atoms with Crippen molar-refractivity contribution in [2.24, 2.45) is 0 Å². The van der Waals surface area contributed by atoms with Crippen molar-refractivity contribution in [1.29, 1.82) is 0 Å². The van der Waals surface area contributed by atoms with E-state index in [1.165, 1.54) is 6.92 Å². The van der Waals surface area contributed by atoms with E-state index >= 15 is 0 Å². The van der Waals surface area contributed by atoms with Crippen LogP contribution in [0.3, 0.4) is 0 Å². The Kier molecular flexibility index (Phi) is 3.06. The van der Waals surface area contributed by atoms with Gasteiger partial charge in [0, 0.05) is 15.0 Å². The summed E-state index contributed by atoms with van der Waals surface area (Å²) in [5.41, 5.74) is 0. The van der Waals surface area contributed by atoms with Gasteiger partial charge in [0.15, 0.2) is 0 Å². The standard InChI is InChI=1S/C6H11ClO/c1-6(8)4-2-3-5-7/h2-5H2,1H3/i4D2. The Bertz CT molecular complexity index is 125. The molecule has 0 fully saturated rings. The maximum absolute atomic E-state index is 10.6. The summed E-state index contributed by atoms with van der Waals surface area (Å²) in [7, 11) is 0. The molecule has 0 aromatic carbocycles. The molecule has 0 spiro atoms. The fourth-order valence-corrected chi connectivity index (χ4v) is 0.465. The molecular formula is C6H11ClO.